The highest BCUT2D eigenvalue weighted by atomic mass is 35.5. The molecule has 2 saturated heterocycles. The fourth-order valence-corrected chi connectivity index (χ4v) is 1.99. The van der Waals surface area contributed by atoms with E-state index in [4.69, 9.17) is 4.74 Å². The molecular weight excluding hydrogens is 188 g/mol. The van der Waals surface area contributed by atoms with E-state index >= 15 is 0 Å². The van der Waals surface area contributed by atoms with Gasteiger partial charge in [0.05, 0.1) is 6.61 Å². The molecule has 0 radical (unpaired) electrons. The Labute approximate surface area is 86.0 Å². The summed E-state index contributed by atoms with van der Waals surface area (Å²) in [5, 5.41) is 6.93. The topological polar surface area (TPSA) is 33.3 Å². The monoisotopic (exact) mass is 206 g/mol. The van der Waals surface area contributed by atoms with Crippen LogP contribution >= 0.6 is 12.4 Å². The van der Waals surface area contributed by atoms with Crippen LogP contribution in [0.15, 0.2) is 0 Å². The number of rotatable bonds is 1. The Morgan fingerprint density at radius 3 is 2.69 bits per heavy atom. The van der Waals surface area contributed by atoms with Gasteiger partial charge in [0, 0.05) is 12.1 Å². The van der Waals surface area contributed by atoms with E-state index in [1.165, 1.54) is 19.3 Å². The Bertz CT molecular complexity index is 148. The SMILES string of the molecule is CC1COC(C2CCCCN2)N1.Cl. The standard InChI is InChI=1S/C9H18N2O.ClH/c1-7-6-12-9(11-7)8-4-2-3-5-10-8;/h7-11H,2-6H2,1H3;1H. The average molecular weight is 207 g/mol. The van der Waals surface area contributed by atoms with Crippen molar-refractivity contribution in [2.45, 2.75) is 44.5 Å². The van der Waals surface area contributed by atoms with Crippen molar-refractivity contribution in [1.29, 1.82) is 0 Å². The van der Waals surface area contributed by atoms with Gasteiger partial charge in [0.1, 0.15) is 6.23 Å². The minimum Gasteiger partial charge on any atom is -0.360 e. The third-order valence-corrected chi connectivity index (χ3v) is 2.69. The second-order valence-corrected chi connectivity index (χ2v) is 3.88. The lowest BCUT2D eigenvalue weighted by atomic mass is 10.0. The molecule has 2 heterocycles. The van der Waals surface area contributed by atoms with Gasteiger partial charge < -0.3 is 10.1 Å². The van der Waals surface area contributed by atoms with Crippen molar-refractivity contribution in [1.82, 2.24) is 10.6 Å². The first-order valence-electron chi connectivity index (χ1n) is 4.97. The number of ether oxygens (including phenoxy) is 1. The predicted octanol–water partition coefficient (Wildman–Crippen LogP) is 0.885. The molecule has 3 nitrogen and oxygen atoms in total. The molecule has 2 N–H and O–H groups in total. The highest BCUT2D eigenvalue weighted by Crippen LogP contribution is 2.15. The maximum absolute atomic E-state index is 5.63. The molecule has 2 aliphatic rings. The van der Waals surface area contributed by atoms with E-state index in [-0.39, 0.29) is 18.6 Å². The lowest BCUT2D eigenvalue weighted by Crippen LogP contribution is -2.49. The Morgan fingerprint density at radius 2 is 2.15 bits per heavy atom. The van der Waals surface area contributed by atoms with Gasteiger partial charge in [-0.05, 0) is 26.3 Å². The molecule has 2 fully saturated rings. The van der Waals surface area contributed by atoms with E-state index in [0.717, 1.165) is 13.2 Å². The highest BCUT2D eigenvalue weighted by molar-refractivity contribution is 5.85. The number of piperidine rings is 1. The van der Waals surface area contributed by atoms with Gasteiger partial charge in [-0.25, -0.2) is 0 Å². The van der Waals surface area contributed by atoms with Crippen LogP contribution < -0.4 is 10.6 Å². The molecule has 0 aliphatic carbocycles. The average Bonchev–Trinajstić information content (AvgIpc) is 2.54. The summed E-state index contributed by atoms with van der Waals surface area (Å²) in [6.45, 7) is 4.19. The van der Waals surface area contributed by atoms with Crippen LogP contribution in [0.5, 0.6) is 0 Å². The minimum absolute atomic E-state index is 0. The first kappa shape index (κ1) is 11.2. The van der Waals surface area contributed by atoms with Gasteiger partial charge in [-0.3, -0.25) is 5.32 Å². The quantitative estimate of drug-likeness (QED) is 0.669. The number of hydrogen-bond acceptors (Lipinski definition) is 3. The van der Waals surface area contributed by atoms with Gasteiger partial charge in [0.2, 0.25) is 0 Å². The summed E-state index contributed by atoms with van der Waals surface area (Å²) in [6.07, 6.45) is 4.18. The Hall–Kier alpha value is 0.170. The second kappa shape index (κ2) is 5.15. The van der Waals surface area contributed by atoms with Crippen LogP contribution in [0.3, 0.4) is 0 Å². The molecule has 3 unspecified atom stereocenters. The Balaban J connectivity index is 0.000000845. The summed E-state index contributed by atoms with van der Waals surface area (Å²) < 4.78 is 5.63. The second-order valence-electron chi connectivity index (χ2n) is 3.88. The van der Waals surface area contributed by atoms with Gasteiger partial charge in [-0.15, -0.1) is 12.4 Å². The van der Waals surface area contributed by atoms with Crippen LogP contribution in [0.4, 0.5) is 0 Å². The molecule has 0 spiro atoms. The molecule has 0 aromatic rings. The van der Waals surface area contributed by atoms with Crippen molar-refractivity contribution in [3.8, 4) is 0 Å². The largest absolute Gasteiger partial charge is 0.360 e. The normalized spacial score (nSPS) is 39.9. The molecule has 4 heteroatoms. The lowest BCUT2D eigenvalue weighted by Gasteiger charge is -2.28. The van der Waals surface area contributed by atoms with Crippen molar-refractivity contribution < 1.29 is 4.74 Å². The molecule has 2 aliphatic heterocycles. The zero-order valence-electron chi connectivity index (χ0n) is 8.08. The number of nitrogens with one attached hydrogen (secondary N) is 2. The summed E-state index contributed by atoms with van der Waals surface area (Å²) in [7, 11) is 0. The van der Waals surface area contributed by atoms with Crippen molar-refractivity contribution in [3.63, 3.8) is 0 Å². The van der Waals surface area contributed by atoms with Crippen LogP contribution in [0.1, 0.15) is 26.2 Å². The van der Waals surface area contributed by atoms with Crippen LogP contribution in [-0.4, -0.2) is 31.5 Å². The van der Waals surface area contributed by atoms with Crippen LogP contribution in [-0.2, 0) is 4.74 Å². The Kier molecular flexibility index (Phi) is 4.46. The molecule has 3 atom stereocenters. The third kappa shape index (κ3) is 2.81. The van der Waals surface area contributed by atoms with Gasteiger partial charge in [-0.1, -0.05) is 6.42 Å². The van der Waals surface area contributed by atoms with Crippen molar-refractivity contribution in [2.75, 3.05) is 13.2 Å². The molecule has 78 valence electrons. The van der Waals surface area contributed by atoms with Crippen LogP contribution in [0.2, 0.25) is 0 Å². The van der Waals surface area contributed by atoms with Crippen LogP contribution in [0.25, 0.3) is 0 Å². The van der Waals surface area contributed by atoms with E-state index in [0.29, 0.717) is 12.1 Å². The fraction of sp³-hybridized carbons (Fsp3) is 1.00. The zero-order valence-corrected chi connectivity index (χ0v) is 8.90. The van der Waals surface area contributed by atoms with E-state index < -0.39 is 0 Å². The zero-order chi connectivity index (χ0) is 8.39. The van der Waals surface area contributed by atoms with E-state index in [1.54, 1.807) is 0 Å². The maximum Gasteiger partial charge on any atom is 0.123 e. The molecule has 0 aromatic carbocycles. The summed E-state index contributed by atoms with van der Waals surface area (Å²) in [5.74, 6) is 0. The number of hydrogen-bond donors (Lipinski definition) is 2. The molecule has 0 saturated carbocycles. The molecule has 0 aromatic heterocycles. The summed E-state index contributed by atoms with van der Waals surface area (Å²) in [6, 6.07) is 1.07. The third-order valence-electron chi connectivity index (χ3n) is 2.69. The molecule has 2 rings (SSSR count). The lowest BCUT2D eigenvalue weighted by molar-refractivity contribution is 0.0588. The van der Waals surface area contributed by atoms with Gasteiger partial charge in [-0.2, -0.15) is 0 Å². The molecule has 13 heavy (non-hydrogen) atoms. The molecular formula is C9H19ClN2O. The van der Waals surface area contributed by atoms with Crippen molar-refractivity contribution in [2.24, 2.45) is 0 Å². The summed E-state index contributed by atoms with van der Waals surface area (Å²) in [4.78, 5) is 0. The smallest absolute Gasteiger partial charge is 0.123 e. The van der Waals surface area contributed by atoms with Crippen molar-refractivity contribution >= 4 is 12.4 Å². The van der Waals surface area contributed by atoms with Gasteiger partial charge in [0.15, 0.2) is 0 Å². The van der Waals surface area contributed by atoms with Gasteiger partial charge in [0.25, 0.3) is 0 Å². The molecule has 0 bridgehead atoms. The molecule has 0 amide bonds. The van der Waals surface area contributed by atoms with E-state index in [9.17, 15) is 0 Å². The first-order valence-corrected chi connectivity index (χ1v) is 4.97. The van der Waals surface area contributed by atoms with Crippen molar-refractivity contribution in [3.05, 3.63) is 0 Å². The van der Waals surface area contributed by atoms with E-state index in [1.807, 2.05) is 0 Å². The summed E-state index contributed by atoms with van der Waals surface area (Å²) >= 11 is 0. The maximum atomic E-state index is 5.63. The number of halogens is 1. The summed E-state index contributed by atoms with van der Waals surface area (Å²) in [5.41, 5.74) is 0. The van der Waals surface area contributed by atoms with E-state index in [2.05, 4.69) is 17.6 Å². The van der Waals surface area contributed by atoms with Crippen LogP contribution in [0, 0.1) is 0 Å². The fourth-order valence-electron chi connectivity index (χ4n) is 1.99. The predicted molar refractivity (Wildman–Crippen MR) is 55.2 cm³/mol. The first-order chi connectivity index (χ1) is 5.86. The van der Waals surface area contributed by atoms with Gasteiger partial charge >= 0.3 is 0 Å². The Morgan fingerprint density at radius 1 is 1.31 bits per heavy atom. The minimum atomic E-state index is 0. The highest BCUT2D eigenvalue weighted by Gasteiger charge is 2.29.